The molecule has 0 unspecified atom stereocenters. The Morgan fingerprint density at radius 1 is 0.629 bits per heavy atom. The van der Waals surface area contributed by atoms with Gasteiger partial charge in [0.05, 0.1) is 33.1 Å². The number of benzene rings is 2. The predicted molar refractivity (Wildman–Crippen MR) is 184 cm³/mol. The molecular weight excluding hydrogens is 393 g/mol. The number of rotatable bonds is 10. The highest BCUT2D eigenvalue weighted by atomic mass is 14.2. The van der Waals surface area contributed by atoms with Crippen LogP contribution in [0.1, 0.15) is 11.1 Å². The standard InChI is InChI=1S/C12H6B23/c1-3-4(2)10(32(34(23)24)35(25)28-16)5-6(9(3)31(20)33(21)22)11(30(19)27-15)12(29(17)18)8(26-14)7(5)13/h1-2H3. The highest BCUT2D eigenvalue weighted by Gasteiger charge is 2.34. The second-order valence-electron chi connectivity index (χ2n) is 8.87. The zero-order valence-electron chi connectivity index (χ0n) is 20.3. The van der Waals surface area contributed by atoms with E-state index in [1.807, 2.05) is 13.8 Å². The molecule has 0 aliphatic carbocycles. The van der Waals surface area contributed by atoms with E-state index >= 15 is 0 Å². The molecule has 0 aromatic heterocycles. The summed E-state index contributed by atoms with van der Waals surface area (Å²) >= 11 is 0. The fourth-order valence-electron chi connectivity index (χ4n) is 4.94. The van der Waals surface area contributed by atoms with Crippen molar-refractivity contribution in [2.75, 3.05) is 0 Å². The molecule has 0 spiro atoms. The average Bonchev–Trinajstić information content (AvgIpc) is 2.80. The monoisotopic (exact) mass is 403 g/mol. The van der Waals surface area contributed by atoms with E-state index in [0.29, 0.717) is 38.1 Å². The summed E-state index contributed by atoms with van der Waals surface area (Å²) in [7, 11) is 84.7. The smallest absolute Gasteiger partial charge is 0.113 e. The van der Waals surface area contributed by atoms with Crippen LogP contribution >= 0.6 is 0 Å². The molecule has 0 bridgehead atoms. The van der Waals surface area contributed by atoms with Crippen molar-refractivity contribution < 1.29 is 0 Å². The third-order valence-corrected chi connectivity index (χ3v) is 6.74. The van der Waals surface area contributed by atoms with Gasteiger partial charge in [0.1, 0.15) is 7.85 Å². The van der Waals surface area contributed by atoms with Crippen molar-refractivity contribution >= 4 is 211 Å². The minimum Gasteiger partial charge on any atom is -0.113 e. The van der Waals surface area contributed by atoms with E-state index in [1.165, 1.54) is 21.3 Å². The summed E-state index contributed by atoms with van der Waals surface area (Å²) in [5.74, 6) is 0. The molecule has 2 aromatic rings. The molecule has 0 aliphatic rings. The Kier molecular flexibility index (Phi) is 11.5. The first-order valence-corrected chi connectivity index (χ1v) is 11.1. The van der Waals surface area contributed by atoms with Gasteiger partial charge >= 0.3 is 0 Å². The first-order chi connectivity index (χ1) is 16.3. The maximum atomic E-state index is 6.75. The lowest BCUT2D eigenvalue weighted by Gasteiger charge is -2.36. The molecule has 2 aromatic carbocycles. The van der Waals surface area contributed by atoms with E-state index in [0.717, 1.165) is 11.1 Å². The Hall–Kier alpha value is 0.194. The maximum Gasteiger partial charge on any atom is 0.113 e. The first-order valence-electron chi connectivity index (χ1n) is 11.1. The van der Waals surface area contributed by atoms with E-state index in [2.05, 4.69) is 0 Å². The van der Waals surface area contributed by atoms with Crippen LogP contribution < -0.4 is 32.8 Å². The molecule has 0 fully saturated rings. The second-order valence-corrected chi connectivity index (χ2v) is 8.87. The Balaban J connectivity index is 3.44. The molecule has 123 valence electrons. The van der Waals surface area contributed by atoms with E-state index in [-0.39, 0.29) is 5.46 Å². The molecule has 23 heteroatoms. The second kappa shape index (κ2) is 12.8. The summed E-state index contributed by atoms with van der Waals surface area (Å²) in [5.41, 5.74) is 4.34. The average molecular weight is 399 g/mol. The number of hydrogen-bond donors (Lipinski definition) is 0. The predicted octanol–water partition coefficient (Wildman–Crippen LogP) is -10.3. The Morgan fingerprint density at radius 3 is 1.57 bits per heavy atom. The van der Waals surface area contributed by atoms with Crippen molar-refractivity contribution in [3.05, 3.63) is 11.1 Å². The molecule has 0 aliphatic heterocycles. The van der Waals surface area contributed by atoms with Crippen molar-refractivity contribution in [2.24, 2.45) is 0 Å². The van der Waals surface area contributed by atoms with Gasteiger partial charge in [-0.25, -0.2) is 0 Å². The van der Waals surface area contributed by atoms with Crippen LogP contribution in [-0.2, 0) is 0 Å². The van der Waals surface area contributed by atoms with Crippen LogP contribution in [0.3, 0.4) is 0 Å². The van der Waals surface area contributed by atoms with Gasteiger partial charge in [-0.1, -0.05) is 33.0 Å². The normalized spacial score (nSPS) is 10.3. The highest BCUT2D eigenvalue weighted by Crippen LogP contribution is 2.16. The summed E-state index contributed by atoms with van der Waals surface area (Å²) in [5, 5.41) is 1.07. The molecule has 0 N–H and O–H groups in total. The largest absolute Gasteiger partial charge is 0.113 e. The van der Waals surface area contributed by atoms with Crippen LogP contribution in [0.4, 0.5) is 0 Å². The summed E-state index contributed by atoms with van der Waals surface area (Å²) in [6.07, 6.45) is -2.54. The zero-order valence-corrected chi connectivity index (χ0v) is 20.3. The van der Waals surface area contributed by atoms with E-state index in [9.17, 15) is 0 Å². The first kappa shape index (κ1) is 31.4. The Morgan fingerprint density at radius 2 is 1.17 bits per heavy atom. The van der Waals surface area contributed by atoms with Gasteiger partial charge in [0.15, 0.2) is 0 Å². The molecule has 0 nitrogen and oxygen atoms in total. The minimum atomic E-state index is -1.01. The number of fused-ring (bicyclic) bond motifs is 1. The fraction of sp³-hybridized carbons (Fsp3) is 0.167. The molecule has 0 heterocycles. The van der Waals surface area contributed by atoms with Gasteiger partial charge in [0.2, 0.25) is 0 Å². The summed E-state index contributed by atoms with van der Waals surface area (Å²) in [4.78, 5) is 0. The lowest BCUT2D eigenvalue weighted by molar-refractivity contribution is 1.41. The third-order valence-electron chi connectivity index (χ3n) is 6.74. The van der Waals surface area contributed by atoms with Crippen molar-refractivity contribution in [1.82, 2.24) is 0 Å². The molecular formula is C12H6B23. The van der Waals surface area contributed by atoms with Crippen LogP contribution in [0.25, 0.3) is 10.8 Å². The van der Waals surface area contributed by atoms with Crippen LogP contribution in [0.2, 0.25) is 0 Å². The van der Waals surface area contributed by atoms with Crippen LogP contribution in [0.5, 0.6) is 0 Å². The van der Waals surface area contributed by atoms with Gasteiger partial charge in [-0.3, -0.25) is 0 Å². The van der Waals surface area contributed by atoms with Crippen LogP contribution in [0.15, 0.2) is 0 Å². The van der Waals surface area contributed by atoms with Crippen molar-refractivity contribution in [2.45, 2.75) is 13.8 Å². The van der Waals surface area contributed by atoms with Crippen LogP contribution in [-0.4, -0.2) is 167 Å². The lowest BCUT2D eigenvalue weighted by Crippen LogP contribution is -2.68. The zero-order chi connectivity index (χ0) is 26.9. The quantitative estimate of drug-likeness (QED) is 0.349. The van der Waals surface area contributed by atoms with Gasteiger partial charge in [-0.15, -0.1) is 10.9 Å². The van der Waals surface area contributed by atoms with Gasteiger partial charge in [0, 0.05) is 126 Å². The molecule has 35 heavy (non-hydrogen) atoms. The Bertz CT molecular complexity index is 1050. The summed E-state index contributed by atoms with van der Waals surface area (Å²) in [6, 6.07) is 0. The van der Waals surface area contributed by atoms with Crippen molar-refractivity contribution in [1.29, 1.82) is 0 Å². The summed E-state index contributed by atoms with van der Waals surface area (Å²) < 4.78 is 0. The van der Waals surface area contributed by atoms with Crippen LogP contribution in [0, 0.1) is 13.8 Å². The van der Waals surface area contributed by atoms with E-state index in [1.54, 1.807) is 0 Å². The SMILES string of the molecule is [B][B]B([B])B(B([B])[B])c1c(C)c(C)c(B([B])B([B])[B])c2c(B([B])[B][B])c(B([B])[B])c([B][B])c([B])c12. The highest BCUT2D eigenvalue weighted by molar-refractivity contribution is 7.87. The maximum absolute atomic E-state index is 6.75. The lowest BCUT2D eigenvalue weighted by atomic mass is 8.68. The fourth-order valence-corrected chi connectivity index (χ4v) is 4.94. The number of hydrogen-bond acceptors (Lipinski definition) is 0. The molecule has 0 saturated carbocycles. The minimum absolute atomic E-state index is 0.262. The van der Waals surface area contributed by atoms with Gasteiger partial charge in [-0.2, -0.15) is 0 Å². The van der Waals surface area contributed by atoms with Gasteiger partial charge in [-0.05, 0) is 24.6 Å². The Labute approximate surface area is 234 Å². The molecule has 0 amide bonds. The third kappa shape index (κ3) is 5.80. The van der Waals surface area contributed by atoms with Crippen molar-refractivity contribution in [3.8, 4) is 0 Å². The molecule has 0 atom stereocenters. The molecule has 2 rings (SSSR count). The van der Waals surface area contributed by atoms with Gasteiger partial charge < -0.3 is 0 Å². The van der Waals surface area contributed by atoms with E-state index < -0.39 is 45.1 Å². The van der Waals surface area contributed by atoms with E-state index in [4.69, 9.17) is 101 Å². The topological polar surface area (TPSA) is 0 Å². The van der Waals surface area contributed by atoms with Crippen molar-refractivity contribution in [3.63, 3.8) is 0 Å². The summed E-state index contributed by atoms with van der Waals surface area (Å²) in [6.45, 7) is 0.442. The molecule has 0 saturated heterocycles. The molecule has 29 radical (unpaired) electrons. The van der Waals surface area contributed by atoms with Gasteiger partial charge in [0.25, 0.3) is 0 Å².